The Kier molecular flexibility index (Phi) is 2.22. The van der Waals surface area contributed by atoms with Gasteiger partial charge in [0.1, 0.15) is 11.6 Å². The number of carbonyl (C=O) groups excluding carboxylic acids is 2. The molecular weight excluding hydrogens is 164 g/mol. The molecule has 0 N–H and O–H groups in total. The number of hydrogen-bond acceptors (Lipinski definition) is 2. The quantitative estimate of drug-likeness (QED) is 0.571. The summed E-state index contributed by atoms with van der Waals surface area (Å²) in [4.78, 5) is 22.9. The minimum atomic E-state index is 0.224. The van der Waals surface area contributed by atoms with Gasteiger partial charge in [0.2, 0.25) is 0 Å². The summed E-state index contributed by atoms with van der Waals surface area (Å²) in [6.07, 6.45) is 4.21. The third kappa shape index (κ3) is 1.54. The van der Waals surface area contributed by atoms with Crippen LogP contribution in [0.4, 0.5) is 0 Å². The molecule has 0 spiro atoms. The van der Waals surface area contributed by atoms with Crippen molar-refractivity contribution in [3.63, 3.8) is 0 Å². The summed E-state index contributed by atoms with van der Waals surface area (Å²) in [6, 6.07) is 0. The summed E-state index contributed by atoms with van der Waals surface area (Å²) in [7, 11) is 0. The topological polar surface area (TPSA) is 34.1 Å². The van der Waals surface area contributed by atoms with Crippen molar-refractivity contribution in [2.75, 3.05) is 0 Å². The number of hydrogen-bond donors (Lipinski definition) is 0. The summed E-state index contributed by atoms with van der Waals surface area (Å²) in [6.45, 7) is 2.02. The van der Waals surface area contributed by atoms with Gasteiger partial charge in [-0.25, -0.2) is 0 Å². The summed E-state index contributed by atoms with van der Waals surface area (Å²) < 4.78 is 0. The monoisotopic (exact) mass is 180 g/mol. The average molecular weight is 180 g/mol. The van der Waals surface area contributed by atoms with E-state index in [-0.39, 0.29) is 11.8 Å². The summed E-state index contributed by atoms with van der Waals surface area (Å²) in [5.41, 5.74) is 0. The van der Waals surface area contributed by atoms with E-state index in [0.29, 0.717) is 30.3 Å². The summed E-state index contributed by atoms with van der Waals surface area (Å²) in [5.74, 6) is 1.65. The van der Waals surface area contributed by atoms with Crippen molar-refractivity contribution in [2.45, 2.75) is 39.0 Å². The summed E-state index contributed by atoms with van der Waals surface area (Å²) >= 11 is 0. The molecule has 13 heavy (non-hydrogen) atoms. The standard InChI is InChI=1S/C11H16O2/c1-7-2-3-8-6-9(12)4-5-10(8)11(7)13/h7-8,10H,2-6H2,1H3. The van der Waals surface area contributed by atoms with E-state index in [2.05, 4.69) is 0 Å². The smallest absolute Gasteiger partial charge is 0.139 e. The molecule has 3 atom stereocenters. The third-order valence-corrected chi connectivity index (χ3v) is 3.61. The maximum Gasteiger partial charge on any atom is 0.139 e. The van der Waals surface area contributed by atoms with Crippen molar-refractivity contribution in [1.29, 1.82) is 0 Å². The van der Waals surface area contributed by atoms with Gasteiger partial charge in [-0.1, -0.05) is 6.92 Å². The molecule has 2 aliphatic carbocycles. The first-order chi connectivity index (χ1) is 6.18. The predicted octanol–water partition coefficient (Wildman–Crippen LogP) is 1.97. The van der Waals surface area contributed by atoms with E-state index in [1.165, 1.54) is 0 Å². The van der Waals surface area contributed by atoms with E-state index >= 15 is 0 Å². The van der Waals surface area contributed by atoms with Gasteiger partial charge in [-0.15, -0.1) is 0 Å². The minimum Gasteiger partial charge on any atom is -0.300 e. The largest absolute Gasteiger partial charge is 0.300 e. The van der Waals surface area contributed by atoms with E-state index in [1.807, 2.05) is 6.92 Å². The molecule has 0 aromatic heterocycles. The van der Waals surface area contributed by atoms with Gasteiger partial charge in [0.05, 0.1) is 0 Å². The average Bonchev–Trinajstić information content (AvgIpc) is 2.12. The Morgan fingerprint density at radius 2 is 1.92 bits per heavy atom. The highest BCUT2D eigenvalue weighted by Crippen LogP contribution is 2.39. The van der Waals surface area contributed by atoms with Crippen LogP contribution in [0.5, 0.6) is 0 Å². The maximum atomic E-state index is 11.8. The van der Waals surface area contributed by atoms with Crippen molar-refractivity contribution in [3.8, 4) is 0 Å². The molecular formula is C11H16O2. The van der Waals surface area contributed by atoms with Crippen LogP contribution in [0, 0.1) is 17.8 Å². The zero-order valence-electron chi connectivity index (χ0n) is 8.08. The van der Waals surface area contributed by atoms with Gasteiger partial charge in [0.25, 0.3) is 0 Å². The molecule has 0 bridgehead atoms. The first-order valence-corrected chi connectivity index (χ1v) is 5.24. The molecule has 0 amide bonds. The number of rotatable bonds is 0. The molecule has 2 saturated carbocycles. The molecule has 2 nitrogen and oxygen atoms in total. The number of fused-ring (bicyclic) bond motifs is 1. The van der Waals surface area contributed by atoms with E-state index in [4.69, 9.17) is 0 Å². The van der Waals surface area contributed by atoms with Gasteiger partial charge in [0, 0.05) is 24.7 Å². The lowest BCUT2D eigenvalue weighted by atomic mass is 9.67. The third-order valence-electron chi connectivity index (χ3n) is 3.61. The van der Waals surface area contributed by atoms with E-state index in [9.17, 15) is 9.59 Å². The molecule has 3 unspecified atom stereocenters. The Balaban J connectivity index is 2.11. The lowest BCUT2D eigenvalue weighted by Gasteiger charge is -2.36. The van der Waals surface area contributed by atoms with Crippen LogP contribution < -0.4 is 0 Å². The molecule has 2 aliphatic rings. The minimum absolute atomic E-state index is 0.224. The van der Waals surface area contributed by atoms with Gasteiger partial charge in [-0.3, -0.25) is 9.59 Å². The van der Waals surface area contributed by atoms with Gasteiger partial charge in [0.15, 0.2) is 0 Å². The molecule has 2 rings (SSSR count). The second-order valence-electron chi connectivity index (χ2n) is 4.53. The van der Waals surface area contributed by atoms with Crippen LogP contribution in [-0.4, -0.2) is 11.6 Å². The van der Waals surface area contributed by atoms with Crippen LogP contribution in [0.1, 0.15) is 39.0 Å². The molecule has 2 heteroatoms. The fourth-order valence-corrected chi connectivity index (χ4v) is 2.74. The molecule has 0 heterocycles. The highest BCUT2D eigenvalue weighted by molar-refractivity contribution is 5.88. The molecule has 72 valence electrons. The highest BCUT2D eigenvalue weighted by atomic mass is 16.1. The Morgan fingerprint density at radius 1 is 1.15 bits per heavy atom. The number of Topliss-reactive ketones (excluding diaryl/α,β-unsaturated/α-hetero) is 2. The Bertz CT molecular complexity index is 244. The van der Waals surface area contributed by atoms with E-state index < -0.39 is 0 Å². The van der Waals surface area contributed by atoms with Crippen LogP contribution in [0.25, 0.3) is 0 Å². The Morgan fingerprint density at radius 3 is 2.69 bits per heavy atom. The van der Waals surface area contributed by atoms with Crippen molar-refractivity contribution in [2.24, 2.45) is 17.8 Å². The first kappa shape index (κ1) is 8.92. The second kappa shape index (κ2) is 3.24. The highest BCUT2D eigenvalue weighted by Gasteiger charge is 2.39. The molecule has 0 aliphatic heterocycles. The van der Waals surface area contributed by atoms with E-state index in [1.54, 1.807) is 0 Å². The van der Waals surface area contributed by atoms with Crippen molar-refractivity contribution in [1.82, 2.24) is 0 Å². The summed E-state index contributed by atoms with van der Waals surface area (Å²) in [5, 5.41) is 0. The van der Waals surface area contributed by atoms with Gasteiger partial charge < -0.3 is 0 Å². The molecule has 0 saturated heterocycles. The molecule has 0 radical (unpaired) electrons. The maximum absolute atomic E-state index is 11.8. The van der Waals surface area contributed by atoms with Crippen LogP contribution in [0.2, 0.25) is 0 Å². The van der Waals surface area contributed by atoms with Gasteiger partial charge in [-0.2, -0.15) is 0 Å². The zero-order chi connectivity index (χ0) is 9.42. The van der Waals surface area contributed by atoms with Crippen molar-refractivity contribution < 1.29 is 9.59 Å². The normalized spacial score (nSPS) is 40.2. The van der Waals surface area contributed by atoms with Crippen LogP contribution in [0.3, 0.4) is 0 Å². The predicted molar refractivity (Wildman–Crippen MR) is 49.2 cm³/mol. The lowest BCUT2D eigenvalue weighted by molar-refractivity contribution is -0.135. The Hall–Kier alpha value is -0.660. The second-order valence-corrected chi connectivity index (χ2v) is 4.53. The lowest BCUT2D eigenvalue weighted by Crippen LogP contribution is -2.38. The number of carbonyl (C=O) groups is 2. The van der Waals surface area contributed by atoms with Crippen LogP contribution >= 0.6 is 0 Å². The van der Waals surface area contributed by atoms with Crippen molar-refractivity contribution >= 4 is 11.6 Å². The van der Waals surface area contributed by atoms with Crippen molar-refractivity contribution in [3.05, 3.63) is 0 Å². The number of ketones is 2. The SMILES string of the molecule is CC1CCC2CC(=O)CCC2C1=O. The van der Waals surface area contributed by atoms with Gasteiger partial charge >= 0.3 is 0 Å². The molecule has 0 aromatic rings. The molecule has 2 fully saturated rings. The first-order valence-electron chi connectivity index (χ1n) is 5.24. The fraction of sp³-hybridized carbons (Fsp3) is 0.818. The van der Waals surface area contributed by atoms with E-state index in [0.717, 1.165) is 19.3 Å². The van der Waals surface area contributed by atoms with Crippen LogP contribution in [-0.2, 0) is 9.59 Å². The van der Waals surface area contributed by atoms with Gasteiger partial charge in [-0.05, 0) is 25.2 Å². The Labute approximate surface area is 78.7 Å². The zero-order valence-corrected chi connectivity index (χ0v) is 8.08. The molecule has 0 aromatic carbocycles. The fourth-order valence-electron chi connectivity index (χ4n) is 2.74. The van der Waals surface area contributed by atoms with Crippen LogP contribution in [0.15, 0.2) is 0 Å².